The summed E-state index contributed by atoms with van der Waals surface area (Å²) in [6.07, 6.45) is 2.13. The van der Waals surface area contributed by atoms with Crippen LogP contribution in [-0.2, 0) is 6.42 Å². The van der Waals surface area contributed by atoms with Crippen molar-refractivity contribution in [3.05, 3.63) is 68.8 Å². The molecule has 2 aromatic carbocycles. The Hall–Kier alpha value is -2.00. The first kappa shape index (κ1) is 18.4. The highest BCUT2D eigenvalue weighted by Crippen LogP contribution is 2.39. The Kier molecular flexibility index (Phi) is 4.46. The number of pyridine rings is 1. The highest BCUT2D eigenvalue weighted by atomic mass is 79.9. The van der Waals surface area contributed by atoms with Gasteiger partial charge in [0, 0.05) is 15.3 Å². The van der Waals surface area contributed by atoms with Gasteiger partial charge < -0.3 is 0 Å². The fourth-order valence-corrected chi connectivity index (χ4v) is 4.62. The molecule has 0 fully saturated rings. The number of para-hydroxylation sites is 1. The predicted molar refractivity (Wildman–Crippen MR) is 118 cm³/mol. The second-order valence-electron chi connectivity index (χ2n) is 8.40. The molecule has 3 heteroatoms. The predicted octanol–water partition coefficient (Wildman–Crippen LogP) is 7.02. The summed E-state index contributed by atoms with van der Waals surface area (Å²) in [6, 6.07) is 13.0. The lowest BCUT2D eigenvalue weighted by atomic mass is 9.74. The van der Waals surface area contributed by atoms with Gasteiger partial charge in [0.15, 0.2) is 0 Å². The van der Waals surface area contributed by atoms with Gasteiger partial charge in [-0.15, -0.1) is 0 Å². The number of hydrogen-bond donors (Lipinski definition) is 0. The summed E-state index contributed by atoms with van der Waals surface area (Å²) < 4.78 is 1.04. The molecule has 138 valence electrons. The van der Waals surface area contributed by atoms with E-state index in [0.717, 1.165) is 39.9 Å². The van der Waals surface area contributed by atoms with Crippen LogP contribution in [0.3, 0.4) is 0 Å². The highest BCUT2D eigenvalue weighted by molar-refractivity contribution is 9.10. The number of fused-ring (bicyclic) bond motifs is 2. The molecule has 0 bridgehead atoms. The first-order valence-corrected chi connectivity index (χ1v) is 10.3. The van der Waals surface area contributed by atoms with E-state index in [1.807, 2.05) is 0 Å². The van der Waals surface area contributed by atoms with Crippen molar-refractivity contribution in [1.29, 1.82) is 0 Å². The third-order valence-corrected chi connectivity index (χ3v) is 6.26. The molecule has 1 aromatic heterocycles. The molecule has 3 aromatic rings. The average molecular weight is 421 g/mol. The molecule has 0 radical (unpaired) electrons. The molecule has 1 aliphatic rings. The molecule has 0 amide bonds. The number of aryl methyl sites for hydroxylation is 4. The number of halogens is 1. The largest absolute Gasteiger partial charge is 0.250 e. The third-order valence-electron chi connectivity index (χ3n) is 5.62. The number of benzene rings is 2. The molecule has 0 spiro atoms. The quantitative estimate of drug-likeness (QED) is 0.415. The summed E-state index contributed by atoms with van der Waals surface area (Å²) in [5, 5.41) is 1.19. The van der Waals surface area contributed by atoms with Crippen molar-refractivity contribution >= 4 is 38.2 Å². The topological polar surface area (TPSA) is 25.2 Å². The Labute approximate surface area is 169 Å². The maximum Gasteiger partial charge on any atom is 0.0890 e. The number of hydrogen-bond acceptors (Lipinski definition) is 2. The highest BCUT2D eigenvalue weighted by Gasteiger charge is 2.34. The van der Waals surface area contributed by atoms with E-state index in [4.69, 9.17) is 9.98 Å². The summed E-state index contributed by atoms with van der Waals surface area (Å²) in [7, 11) is 0. The molecule has 1 aliphatic carbocycles. The molecule has 4 rings (SSSR count). The van der Waals surface area contributed by atoms with Crippen molar-refractivity contribution in [3.63, 3.8) is 0 Å². The van der Waals surface area contributed by atoms with Crippen molar-refractivity contribution in [2.45, 2.75) is 47.5 Å². The Balaban J connectivity index is 1.99. The van der Waals surface area contributed by atoms with Crippen LogP contribution in [0.5, 0.6) is 0 Å². The third kappa shape index (κ3) is 3.23. The van der Waals surface area contributed by atoms with Crippen LogP contribution in [0.25, 0.3) is 10.9 Å². The zero-order chi connectivity index (χ0) is 19.3. The monoisotopic (exact) mass is 420 g/mol. The van der Waals surface area contributed by atoms with E-state index in [0.29, 0.717) is 0 Å². The van der Waals surface area contributed by atoms with Gasteiger partial charge in [0.1, 0.15) is 0 Å². The van der Waals surface area contributed by atoms with Gasteiger partial charge in [-0.1, -0.05) is 43.7 Å². The van der Waals surface area contributed by atoms with E-state index in [-0.39, 0.29) is 5.41 Å². The molecular formula is C24H25BrN2. The Morgan fingerprint density at radius 2 is 1.74 bits per heavy atom. The van der Waals surface area contributed by atoms with Crippen molar-refractivity contribution in [1.82, 2.24) is 4.98 Å². The summed E-state index contributed by atoms with van der Waals surface area (Å²) in [6.45, 7) is 11.0. The summed E-state index contributed by atoms with van der Waals surface area (Å²) in [5.41, 5.74) is 9.31. The molecule has 0 atom stereocenters. The van der Waals surface area contributed by atoms with Gasteiger partial charge in [-0.25, -0.2) is 4.98 Å². The first-order valence-electron chi connectivity index (χ1n) is 9.52. The van der Waals surface area contributed by atoms with Gasteiger partial charge in [-0.05, 0) is 78.4 Å². The maximum absolute atomic E-state index is 5.23. The van der Waals surface area contributed by atoms with Gasteiger partial charge in [0.25, 0.3) is 0 Å². The fourth-order valence-electron chi connectivity index (χ4n) is 4.15. The molecule has 0 saturated heterocycles. The molecule has 0 N–H and O–H groups in total. The van der Waals surface area contributed by atoms with Crippen LogP contribution in [0.15, 0.2) is 45.9 Å². The lowest BCUT2D eigenvalue weighted by molar-refractivity contribution is 0.463. The number of nitrogens with zero attached hydrogens (tertiary/aromatic N) is 2. The second-order valence-corrected chi connectivity index (χ2v) is 9.25. The fraction of sp³-hybridized carbons (Fsp3) is 0.333. The zero-order valence-corrected chi connectivity index (χ0v) is 18.2. The van der Waals surface area contributed by atoms with Crippen LogP contribution in [0.1, 0.15) is 48.2 Å². The van der Waals surface area contributed by atoms with Gasteiger partial charge >= 0.3 is 0 Å². The summed E-state index contributed by atoms with van der Waals surface area (Å²) >= 11 is 3.67. The van der Waals surface area contributed by atoms with Gasteiger partial charge in [-0.3, -0.25) is 4.99 Å². The van der Waals surface area contributed by atoms with Crippen molar-refractivity contribution in [3.8, 4) is 0 Å². The van der Waals surface area contributed by atoms with Crippen LogP contribution >= 0.6 is 15.9 Å². The van der Waals surface area contributed by atoms with Crippen molar-refractivity contribution in [2.75, 3.05) is 0 Å². The Morgan fingerprint density at radius 3 is 2.44 bits per heavy atom. The van der Waals surface area contributed by atoms with Gasteiger partial charge in [0.2, 0.25) is 0 Å². The lowest BCUT2D eigenvalue weighted by Gasteiger charge is -2.33. The van der Waals surface area contributed by atoms with Crippen LogP contribution in [0.2, 0.25) is 0 Å². The average Bonchev–Trinajstić information content (AvgIpc) is 2.58. The smallest absolute Gasteiger partial charge is 0.0890 e. The molecule has 0 aliphatic heterocycles. The van der Waals surface area contributed by atoms with E-state index in [1.54, 1.807) is 0 Å². The minimum absolute atomic E-state index is 0.00129. The van der Waals surface area contributed by atoms with Crippen LogP contribution in [-0.4, -0.2) is 10.7 Å². The van der Waals surface area contributed by atoms with Crippen LogP contribution in [0.4, 0.5) is 5.69 Å². The summed E-state index contributed by atoms with van der Waals surface area (Å²) in [4.78, 5) is 10.3. The summed E-state index contributed by atoms with van der Waals surface area (Å²) in [5.74, 6) is 0. The van der Waals surface area contributed by atoms with Crippen LogP contribution in [0, 0.1) is 26.2 Å². The van der Waals surface area contributed by atoms with Crippen molar-refractivity contribution in [2.24, 2.45) is 10.4 Å². The van der Waals surface area contributed by atoms with E-state index < -0.39 is 0 Å². The Morgan fingerprint density at radius 1 is 1.04 bits per heavy atom. The van der Waals surface area contributed by atoms with Crippen molar-refractivity contribution < 1.29 is 0 Å². The minimum atomic E-state index is -0.00129. The SMILES string of the molecule is Cc1cc(C)c(N=C2c3nc4c(Br)cccc4cc3CCC2(C)C)c(C)c1. The van der Waals surface area contributed by atoms with Gasteiger partial charge in [-0.2, -0.15) is 0 Å². The number of aromatic nitrogens is 1. The molecular weight excluding hydrogens is 396 g/mol. The zero-order valence-electron chi connectivity index (χ0n) is 16.7. The standard InChI is InChI=1S/C24H25BrN2/c1-14-11-15(2)20(16(3)12-14)27-23-22-18(9-10-24(23,4)5)13-17-7-6-8-19(25)21(17)26-22/h6-8,11-13H,9-10H2,1-5H3. The van der Waals surface area contributed by atoms with Crippen LogP contribution < -0.4 is 0 Å². The van der Waals surface area contributed by atoms with E-state index in [9.17, 15) is 0 Å². The Bertz CT molecular complexity index is 1070. The molecule has 27 heavy (non-hydrogen) atoms. The normalized spacial score (nSPS) is 17.3. The molecule has 1 heterocycles. The first-order chi connectivity index (χ1) is 12.8. The lowest BCUT2D eigenvalue weighted by Crippen LogP contribution is -2.32. The maximum atomic E-state index is 5.23. The molecule has 0 unspecified atom stereocenters. The van der Waals surface area contributed by atoms with Gasteiger partial charge in [0.05, 0.1) is 22.6 Å². The minimum Gasteiger partial charge on any atom is -0.250 e. The second kappa shape index (κ2) is 6.56. The van der Waals surface area contributed by atoms with E-state index in [1.165, 1.54) is 27.6 Å². The number of rotatable bonds is 1. The van der Waals surface area contributed by atoms with E-state index >= 15 is 0 Å². The molecule has 0 saturated carbocycles. The van der Waals surface area contributed by atoms with E-state index in [2.05, 4.69) is 86.9 Å². The number of aliphatic imine (C=N–C) groups is 1. The molecule has 2 nitrogen and oxygen atoms in total.